The van der Waals surface area contributed by atoms with Crippen molar-refractivity contribution in [2.45, 2.75) is 19.9 Å². The highest BCUT2D eigenvalue weighted by Gasteiger charge is 2.29. The Kier molecular flexibility index (Phi) is 3.16. The summed E-state index contributed by atoms with van der Waals surface area (Å²) in [4.78, 5) is 23.2. The van der Waals surface area contributed by atoms with E-state index in [-0.39, 0.29) is 17.3 Å². The smallest absolute Gasteiger partial charge is 0.319 e. The summed E-state index contributed by atoms with van der Waals surface area (Å²) in [5, 5.41) is 24.1. The molecule has 4 N–H and O–H groups in total. The van der Waals surface area contributed by atoms with E-state index in [9.17, 15) is 19.8 Å². The van der Waals surface area contributed by atoms with Crippen LogP contribution >= 0.6 is 0 Å². The van der Waals surface area contributed by atoms with Gasteiger partial charge in [-0.3, -0.25) is 4.79 Å². The fourth-order valence-electron chi connectivity index (χ4n) is 2.20. The average Bonchev–Trinajstić information content (AvgIpc) is 2.25. The van der Waals surface area contributed by atoms with E-state index < -0.39 is 12.1 Å². The van der Waals surface area contributed by atoms with E-state index in [4.69, 9.17) is 0 Å². The molecular formula is C13H14N2O4. The second-order valence-corrected chi connectivity index (χ2v) is 4.41. The molecule has 1 aromatic rings. The molecule has 1 aliphatic rings. The van der Waals surface area contributed by atoms with Crippen LogP contribution in [0.4, 0.5) is 4.79 Å². The van der Waals surface area contributed by atoms with Gasteiger partial charge in [-0.2, -0.15) is 0 Å². The van der Waals surface area contributed by atoms with Gasteiger partial charge < -0.3 is 20.8 Å². The Balaban J connectivity index is 2.54. The topological polar surface area (TPSA) is 98.7 Å². The van der Waals surface area contributed by atoms with Crippen molar-refractivity contribution in [2.24, 2.45) is 0 Å². The minimum Gasteiger partial charge on any atom is -0.508 e. The molecule has 2 amide bonds. The summed E-state index contributed by atoms with van der Waals surface area (Å²) in [6.07, 6.45) is 0. The molecule has 0 saturated heterocycles. The van der Waals surface area contributed by atoms with Crippen molar-refractivity contribution >= 4 is 11.8 Å². The van der Waals surface area contributed by atoms with Crippen molar-refractivity contribution in [1.82, 2.24) is 10.6 Å². The molecule has 1 aromatic carbocycles. The van der Waals surface area contributed by atoms with Gasteiger partial charge in [0.2, 0.25) is 0 Å². The number of hydrogen-bond donors (Lipinski definition) is 4. The molecule has 0 aliphatic carbocycles. The summed E-state index contributed by atoms with van der Waals surface area (Å²) in [7, 11) is 0. The maximum atomic E-state index is 11.7. The first-order valence-corrected chi connectivity index (χ1v) is 5.70. The maximum Gasteiger partial charge on any atom is 0.319 e. The highest BCUT2D eigenvalue weighted by atomic mass is 16.3. The Bertz CT molecular complexity index is 572. The normalized spacial score (nSPS) is 18.8. The van der Waals surface area contributed by atoms with Gasteiger partial charge in [-0.05, 0) is 31.5 Å². The molecule has 0 spiro atoms. The quantitative estimate of drug-likeness (QED) is 0.646. The number of rotatable bonds is 2. The van der Waals surface area contributed by atoms with Gasteiger partial charge in [0, 0.05) is 17.3 Å². The summed E-state index contributed by atoms with van der Waals surface area (Å²) >= 11 is 0. The lowest BCUT2D eigenvalue weighted by atomic mass is 9.93. The van der Waals surface area contributed by atoms with E-state index in [1.165, 1.54) is 25.1 Å². The standard InChI is InChI=1S/C13H14N2O4/c1-6-11(7(2)16)12(15-13(19)14-6)8-3-9(17)5-10(18)4-8/h3-5,12,17-18H,1-2H3,(H2,14,15,19)/t12-/m0/s1. The zero-order chi connectivity index (χ0) is 14.2. The highest BCUT2D eigenvalue weighted by molar-refractivity contribution is 5.98. The van der Waals surface area contributed by atoms with Crippen LogP contribution in [0.2, 0.25) is 0 Å². The third-order valence-electron chi connectivity index (χ3n) is 2.91. The number of nitrogens with one attached hydrogen (secondary N) is 2. The molecule has 0 saturated carbocycles. The van der Waals surface area contributed by atoms with Gasteiger partial charge in [-0.25, -0.2) is 4.79 Å². The molecular weight excluding hydrogens is 248 g/mol. The van der Waals surface area contributed by atoms with Crippen LogP contribution in [0.3, 0.4) is 0 Å². The van der Waals surface area contributed by atoms with Crippen LogP contribution in [0.1, 0.15) is 25.5 Å². The maximum absolute atomic E-state index is 11.7. The number of hydrogen-bond acceptors (Lipinski definition) is 4. The number of aromatic hydroxyl groups is 2. The van der Waals surface area contributed by atoms with Crippen molar-refractivity contribution in [3.8, 4) is 11.5 Å². The third-order valence-corrected chi connectivity index (χ3v) is 2.91. The van der Waals surface area contributed by atoms with E-state index >= 15 is 0 Å². The second kappa shape index (κ2) is 4.64. The van der Waals surface area contributed by atoms with Gasteiger partial charge in [0.1, 0.15) is 11.5 Å². The lowest BCUT2D eigenvalue weighted by Crippen LogP contribution is -2.44. The Labute approximate surface area is 109 Å². The van der Waals surface area contributed by atoms with Gasteiger partial charge in [0.05, 0.1) is 6.04 Å². The Morgan fingerprint density at radius 3 is 2.32 bits per heavy atom. The summed E-state index contributed by atoms with van der Waals surface area (Å²) in [5.74, 6) is -0.468. The van der Waals surface area contributed by atoms with E-state index in [1.54, 1.807) is 6.92 Å². The highest BCUT2D eigenvalue weighted by Crippen LogP contribution is 2.31. The van der Waals surface area contributed by atoms with Crippen LogP contribution in [0.25, 0.3) is 0 Å². The molecule has 1 heterocycles. The van der Waals surface area contributed by atoms with Gasteiger partial charge in [0.25, 0.3) is 0 Å². The van der Waals surface area contributed by atoms with Gasteiger partial charge in [-0.15, -0.1) is 0 Å². The number of ketones is 1. The van der Waals surface area contributed by atoms with Gasteiger partial charge in [-0.1, -0.05) is 0 Å². The summed E-state index contributed by atoms with van der Waals surface area (Å²) in [5.41, 5.74) is 1.30. The minimum absolute atomic E-state index is 0.136. The van der Waals surface area contributed by atoms with Crippen molar-refractivity contribution in [2.75, 3.05) is 0 Å². The predicted octanol–water partition coefficient (Wildman–Crippen LogP) is 1.31. The summed E-state index contributed by atoms with van der Waals surface area (Å²) in [6.45, 7) is 3.03. The SMILES string of the molecule is CC(=O)C1=C(C)NC(=O)N[C@H]1c1cc(O)cc(O)c1. The Hall–Kier alpha value is -2.50. The lowest BCUT2D eigenvalue weighted by Gasteiger charge is -2.28. The zero-order valence-electron chi connectivity index (χ0n) is 10.5. The largest absolute Gasteiger partial charge is 0.508 e. The van der Waals surface area contributed by atoms with E-state index in [0.717, 1.165) is 0 Å². The fraction of sp³-hybridized carbons (Fsp3) is 0.231. The number of phenols is 2. The van der Waals surface area contributed by atoms with Crippen molar-refractivity contribution in [3.63, 3.8) is 0 Å². The first-order valence-electron chi connectivity index (χ1n) is 5.70. The van der Waals surface area contributed by atoms with Crippen molar-refractivity contribution in [1.29, 1.82) is 0 Å². The third kappa shape index (κ3) is 2.52. The Morgan fingerprint density at radius 1 is 1.21 bits per heavy atom. The lowest BCUT2D eigenvalue weighted by molar-refractivity contribution is -0.114. The monoisotopic (exact) mass is 262 g/mol. The van der Waals surface area contributed by atoms with Gasteiger partial charge >= 0.3 is 6.03 Å². The molecule has 0 fully saturated rings. The fourth-order valence-corrected chi connectivity index (χ4v) is 2.20. The molecule has 0 bridgehead atoms. The average molecular weight is 262 g/mol. The molecule has 6 heteroatoms. The van der Waals surface area contributed by atoms with E-state index in [1.807, 2.05) is 0 Å². The first-order chi connectivity index (χ1) is 8.88. The van der Waals surface area contributed by atoms with Crippen LogP contribution in [0.15, 0.2) is 29.5 Å². The predicted molar refractivity (Wildman–Crippen MR) is 67.6 cm³/mol. The number of phenolic OH excluding ortho intramolecular Hbond substituents is 2. The first kappa shape index (κ1) is 12.9. The van der Waals surface area contributed by atoms with Crippen LogP contribution in [0, 0.1) is 0 Å². The molecule has 2 rings (SSSR count). The van der Waals surface area contributed by atoms with Crippen LogP contribution in [0.5, 0.6) is 11.5 Å². The molecule has 6 nitrogen and oxygen atoms in total. The molecule has 1 atom stereocenters. The summed E-state index contributed by atoms with van der Waals surface area (Å²) in [6, 6.07) is 2.84. The van der Waals surface area contributed by atoms with Crippen LogP contribution in [-0.2, 0) is 4.79 Å². The molecule has 19 heavy (non-hydrogen) atoms. The Morgan fingerprint density at radius 2 is 1.79 bits per heavy atom. The van der Waals surface area contributed by atoms with Crippen molar-refractivity contribution < 1.29 is 19.8 Å². The van der Waals surface area contributed by atoms with Crippen LogP contribution in [-0.4, -0.2) is 22.0 Å². The number of amides is 2. The van der Waals surface area contributed by atoms with E-state index in [2.05, 4.69) is 10.6 Å². The molecule has 0 radical (unpaired) electrons. The number of benzene rings is 1. The zero-order valence-corrected chi connectivity index (χ0v) is 10.5. The second-order valence-electron chi connectivity index (χ2n) is 4.41. The molecule has 0 unspecified atom stereocenters. The minimum atomic E-state index is -0.691. The van der Waals surface area contributed by atoms with E-state index in [0.29, 0.717) is 16.8 Å². The van der Waals surface area contributed by atoms with Crippen LogP contribution < -0.4 is 10.6 Å². The molecule has 1 aliphatic heterocycles. The van der Waals surface area contributed by atoms with Crippen molar-refractivity contribution in [3.05, 3.63) is 35.0 Å². The summed E-state index contributed by atoms with van der Waals surface area (Å²) < 4.78 is 0. The molecule has 100 valence electrons. The number of carbonyl (C=O) groups is 2. The van der Waals surface area contributed by atoms with Gasteiger partial charge in [0.15, 0.2) is 5.78 Å². The number of carbonyl (C=O) groups excluding carboxylic acids is 2. The number of urea groups is 1. The number of Topliss-reactive ketones (excluding diaryl/α,β-unsaturated/α-hetero) is 1. The molecule has 0 aromatic heterocycles. The number of allylic oxidation sites excluding steroid dienone is 1.